The lowest BCUT2D eigenvalue weighted by Crippen LogP contribution is -2.03. The molecular formula is C9H6BrN2O2S-. The molecule has 0 aliphatic rings. The van der Waals surface area contributed by atoms with Crippen LogP contribution >= 0.6 is 15.9 Å². The quantitative estimate of drug-likeness (QED) is 0.861. The average Bonchev–Trinajstić information content (AvgIpc) is 2.22. The highest BCUT2D eigenvalue weighted by Gasteiger charge is 2.04. The lowest BCUT2D eigenvalue weighted by molar-refractivity contribution is 0.542. The highest BCUT2D eigenvalue weighted by Crippen LogP contribution is 2.28. The summed E-state index contributed by atoms with van der Waals surface area (Å²) in [6.07, 6.45) is 1.62. The lowest BCUT2D eigenvalue weighted by atomic mass is 10.2. The van der Waals surface area contributed by atoms with Crippen molar-refractivity contribution in [2.24, 2.45) is 0 Å². The number of halogens is 1. The minimum atomic E-state index is -2.33. The molecule has 1 unspecified atom stereocenters. The normalized spacial score (nSPS) is 12.7. The van der Waals surface area contributed by atoms with E-state index in [-0.39, 0.29) is 0 Å². The van der Waals surface area contributed by atoms with Crippen molar-refractivity contribution < 1.29 is 8.76 Å². The number of rotatable bonds is 2. The highest BCUT2D eigenvalue weighted by atomic mass is 79.9. The molecule has 0 radical (unpaired) electrons. The van der Waals surface area contributed by atoms with Crippen LogP contribution in [0.4, 0.5) is 5.69 Å². The number of pyridine rings is 1. The van der Waals surface area contributed by atoms with Crippen LogP contribution < -0.4 is 4.72 Å². The first kappa shape index (κ1) is 10.5. The van der Waals surface area contributed by atoms with Crippen LogP contribution in [0.5, 0.6) is 0 Å². The van der Waals surface area contributed by atoms with Crippen molar-refractivity contribution in [1.29, 1.82) is 0 Å². The third kappa shape index (κ3) is 2.17. The van der Waals surface area contributed by atoms with E-state index in [0.717, 1.165) is 9.86 Å². The molecule has 2 rings (SSSR count). The molecule has 4 nitrogen and oxygen atoms in total. The van der Waals surface area contributed by atoms with Crippen LogP contribution in [0.2, 0.25) is 0 Å². The van der Waals surface area contributed by atoms with E-state index in [1.807, 2.05) is 6.07 Å². The number of nitrogens with one attached hydrogen (secondary N) is 1. The fourth-order valence-electron chi connectivity index (χ4n) is 1.31. The molecule has 0 saturated heterocycles. The van der Waals surface area contributed by atoms with E-state index in [2.05, 4.69) is 25.6 Å². The van der Waals surface area contributed by atoms with Gasteiger partial charge in [0.05, 0.1) is 11.2 Å². The number of hydrogen-bond acceptors (Lipinski definition) is 3. The molecule has 0 fully saturated rings. The topological polar surface area (TPSA) is 65.0 Å². The third-order valence-electron chi connectivity index (χ3n) is 1.91. The second kappa shape index (κ2) is 4.26. The van der Waals surface area contributed by atoms with Gasteiger partial charge in [0.1, 0.15) is 0 Å². The van der Waals surface area contributed by atoms with Gasteiger partial charge in [0.2, 0.25) is 0 Å². The van der Waals surface area contributed by atoms with Crippen LogP contribution in [0.15, 0.2) is 34.9 Å². The molecule has 1 N–H and O–H groups in total. The summed E-state index contributed by atoms with van der Waals surface area (Å²) in [5, 5.41) is 0.868. The SMILES string of the molecule is O=S([O-])Nc1ccc(Br)c2cccnc12. The number of hydrogen-bond donors (Lipinski definition) is 1. The summed E-state index contributed by atoms with van der Waals surface area (Å²) < 4.78 is 24.3. The van der Waals surface area contributed by atoms with Gasteiger partial charge in [-0.15, -0.1) is 0 Å². The van der Waals surface area contributed by atoms with Crippen molar-refractivity contribution in [1.82, 2.24) is 4.98 Å². The Balaban J connectivity index is 2.66. The van der Waals surface area contributed by atoms with Crippen molar-refractivity contribution in [2.45, 2.75) is 0 Å². The fourth-order valence-corrected chi connectivity index (χ4v) is 2.11. The summed E-state index contributed by atoms with van der Waals surface area (Å²) >= 11 is 1.04. The van der Waals surface area contributed by atoms with E-state index < -0.39 is 11.3 Å². The van der Waals surface area contributed by atoms with Crippen LogP contribution in [-0.4, -0.2) is 13.7 Å². The molecule has 1 aromatic carbocycles. The van der Waals surface area contributed by atoms with Gasteiger partial charge >= 0.3 is 0 Å². The summed E-state index contributed by atoms with van der Waals surface area (Å²) in [6, 6.07) is 7.10. The minimum Gasteiger partial charge on any atom is -0.755 e. The second-order valence-corrected chi connectivity index (χ2v) is 4.36. The number of nitrogens with zero attached hydrogens (tertiary/aromatic N) is 1. The summed E-state index contributed by atoms with van der Waals surface area (Å²) in [5.41, 5.74) is 1.10. The van der Waals surface area contributed by atoms with Gasteiger partial charge in [0.15, 0.2) is 0 Å². The summed E-state index contributed by atoms with van der Waals surface area (Å²) in [6.45, 7) is 0. The number of aromatic nitrogens is 1. The molecule has 0 aliphatic carbocycles. The molecule has 0 bridgehead atoms. The predicted octanol–water partition coefficient (Wildman–Crippen LogP) is 2.20. The number of benzene rings is 1. The van der Waals surface area contributed by atoms with Gasteiger partial charge in [0.25, 0.3) is 0 Å². The van der Waals surface area contributed by atoms with Crippen molar-refractivity contribution in [2.75, 3.05) is 4.72 Å². The Morgan fingerprint density at radius 3 is 2.93 bits per heavy atom. The summed E-state index contributed by atoms with van der Waals surface area (Å²) in [4.78, 5) is 4.13. The van der Waals surface area contributed by atoms with Gasteiger partial charge in [-0.1, -0.05) is 22.0 Å². The van der Waals surface area contributed by atoms with Gasteiger partial charge in [0, 0.05) is 27.3 Å². The molecule has 0 aliphatic heterocycles. The maximum absolute atomic E-state index is 10.5. The van der Waals surface area contributed by atoms with Gasteiger partial charge in [-0.25, -0.2) is 0 Å². The van der Waals surface area contributed by atoms with Gasteiger partial charge in [-0.05, 0) is 18.2 Å². The minimum absolute atomic E-state index is 0.474. The molecule has 15 heavy (non-hydrogen) atoms. The molecule has 0 saturated carbocycles. The monoisotopic (exact) mass is 285 g/mol. The van der Waals surface area contributed by atoms with Crippen LogP contribution in [0, 0.1) is 0 Å². The smallest absolute Gasteiger partial charge is 0.0953 e. The van der Waals surface area contributed by atoms with Crippen molar-refractivity contribution in [3.8, 4) is 0 Å². The van der Waals surface area contributed by atoms with Crippen molar-refractivity contribution >= 4 is 43.8 Å². The number of fused-ring (bicyclic) bond motifs is 1. The van der Waals surface area contributed by atoms with Crippen LogP contribution in [0.1, 0.15) is 0 Å². The van der Waals surface area contributed by atoms with Gasteiger partial charge < -0.3 is 9.27 Å². The molecule has 78 valence electrons. The van der Waals surface area contributed by atoms with E-state index in [9.17, 15) is 8.76 Å². The zero-order valence-electron chi connectivity index (χ0n) is 7.44. The molecule has 0 amide bonds. The van der Waals surface area contributed by atoms with Crippen LogP contribution in [0.25, 0.3) is 10.9 Å². The highest BCUT2D eigenvalue weighted by molar-refractivity contribution is 9.10. The van der Waals surface area contributed by atoms with Crippen molar-refractivity contribution in [3.63, 3.8) is 0 Å². The Labute approximate surface area is 97.3 Å². The zero-order valence-corrected chi connectivity index (χ0v) is 9.84. The first-order valence-electron chi connectivity index (χ1n) is 4.07. The predicted molar refractivity (Wildman–Crippen MR) is 62.0 cm³/mol. The second-order valence-electron chi connectivity index (χ2n) is 2.83. The molecule has 1 atom stereocenters. The number of anilines is 1. The first-order chi connectivity index (χ1) is 7.18. The third-order valence-corrected chi connectivity index (χ3v) is 2.99. The first-order valence-corrected chi connectivity index (χ1v) is 5.94. The van der Waals surface area contributed by atoms with Crippen LogP contribution in [-0.2, 0) is 11.3 Å². The maximum Gasteiger partial charge on any atom is 0.0953 e. The Kier molecular flexibility index (Phi) is 2.99. The molecule has 6 heteroatoms. The fraction of sp³-hybridized carbons (Fsp3) is 0. The van der Waals surface area contributed by atoms with Gasteiger partial charge in [-0.3, -0.25) is 9.19 Å². The standard InChI is InChI=1S/C9H7BrN2O2S/c10-7-3-4-8(12-15(13)14)9-6(7)2-1-5-11-9/h1-5,12H,(H,13,14)/p-1. The average molecular weight is 286 g/mol. The molecule has 0 spiro atoms. The van der Waals surface area contributed by atoms with E-state index >= 15 is 0 Å². The molecular weight excluding hydrogens is 280 g/mol. The van der Waals surface area contributed by atoms with E-state index in [1.54, 1.807) is 24.4 Å². The largest absolute Gasteiger partial charge is 0.755 e. The van der Waals surface area contributed by atoms with E-state index in [0.29, 0.717) is 11.2 Å². The summed E-state index contributed by atoms with van der Waals surface area (Å²) in [5.74, 6) is 0. The Morgan fingerprint density at radius 2 is 2.20 bits per heavy atom. The van der Waals surface area contributed by atoms with E-state index in [4.69, 9.17) is 0 Å². The van der Waals surface area contributed by atoms with Crippen LogP contribution in [0.3, 0.4) is 0 Å². The molecule has 1 aromatic heterocycles. The summed E-state index contributed by atoms with van der Waals surface area (Å²) in [7, 11) is 0. The molecule has 1 heterocycles. The van der Waals surface area contributed by atoms with Gasteiger partial charge in [-0.2, -0.15) is 0 Å². The lowest BCUT2D eigenvalue weighted by Gasteiger charge is -2.11. The Hall–Kier alpha value is -0.980. The zero-order chi connectivity index (χ0) is 10.8. The van der Waals surface area contributed by atoms with E-state index in [1.165, 1.54) is 0 Å². The van der Waals surface area contributed by atoms with Crippen molar-refractivity contribution in [3.05, 3.63) is 34.9 Å². The molecule has 2 aromatic rings. The Morgan fingerprint density at radius 1 is 1.40 bits per heavy atom. The maximum atomic E-state index is 10.5. The Bertz CT molecular complexity index is 533.